The molecular weight excluding hydrogens is 238 g/mol. The van der Waals surface area contributed by atoms with Crippen LogP contribution in [0.15, 0.2) is 33.5 Å². The maximum absolute atomic E-state index is 11.0. The maximum atomic E-state index is 11.0. The van der Waals surface area contributed by atoms with Gasteiger partial charge in [0.2, 0.25) is 0 Å². The molecule has 2 rings (SSSR count). The number of aromatic amines is 1. The molecule has 1 aromatic carbocycles. The molecule has 0 amide bonds. The van der Waals surface area contributed by atoms with Gasteiger partial charge in [-0.05, 0) is 23.3 Å². The highest BCUT2D eigenvalue weighted by atomic mass is 16.5. The highest BCUT2D eigenvalue weighted by molar-refractivity contribution is 5.91. The lowest BCUT2D eigenvalue weighted by molar-refractivity contribution is -0.131. The molecule has 0 saturated heterocycles. The molecule has 0 aliphatic heterocycles. The second-order valence-electron chi connectivity index (χ2n) is 3.67. The van der Waals surface area contributed by atoms with Crippen LogP contribution in [0.3, 0.4) is 0 Å². The second kappa shape index (κ2) is 4.89. The Morgan fingerprint density at radius 1 is 1.56 bits per heavy atom. The van der Waals surface area contributed by atoms with Gasteiger partial charge in [0.05, 0.1) is 12.1 Å². The van der Waals surface area contributed by atoms with Gasteiger partial charge in [0.1, 0.15) is 0 Å². The van der Waals surface area contributed by atoms with E-state index in [9.17, 15) is 9.59 Å². The number of aromatic nitrogens is 1. The third-order valence-corrected chi connectivity index (χ3v) is 2.39. The van der Waals surface area contributed by atoms with Crippen molar-refractivity contribution in [3.63, 3.8) is 0 Å². The van der Waals surface area contributed by atoms with E-state index in [1.54, 1.807) is 18.2 Å². The number of carboxylic acids is 1. The van der Waals surface area contributed by atoms with Crippen molar-refractivity contribution in [1.29, 1.82) is 0 Å². The van der Waals surface area contributed by atoms with E-state index in [1.807, 2.05) is 0 Å². The first-order valence-electron chi connectivity index (χ1n) is 5.16. The summed E-state index contributed by atoms with van der Waals surface area (Å²) in [5.41, 5.74) is 2.07. The molecule has 1 aromatic heterocycles. The zero-order valence-corrected chi connectivity index (χ0v) is 9.60. The molecule has 0 saturated carbocycles. The van der Waals surface area contributed by atoms with E-state index in [4.69, 9.17) is 14.3 Å². The first-order chi connectivity index (χ1) is 8.60. The number of methoxy groups -OCH3 is 1. The summed E-state index contributed by atoms with van der Waals surface area (Å²) in [7, 11) is 1.48. The predicted molar refractivity (Wildman–Crippen MR) is 64.3 cm³/mol. The minimum atomic E-state index is -1.06. The van der Waals surface area contributed by atoms with Crippen LogP contribution in [0.2, 0.25) is 0 Å². The van der Waals surface area contributed by atoms with Crippen LogP contribution in [0.4, 0.5) is 0 Å². The number of aliphatic carboxylic acids is 1. The fourth-order valence-corrected chi connectivity index (χ4v) is 1.66. The number of oxazole rings is 1. The Morgan fingerprint density at radius 2 is 2.33 bits per heavy atom. The number of benzene rings is 1. The lowest BCUT2D eigenvalue weighted by Gasteiger charge is -2.05. The van der Waals surface area contributed by atoms with Gasteiger partial charge in [0.15, 0.2) is 5.58 Å². The topological polar surface area (TPSA) is 92.5 Å². The number of ether oxygens (including phenoxy) is 1. The summed E-state index contributed by atoms with van der Waals surface area (Å²) in [4.78, 5) is 24.2. The average molecular weight is 249 g/mol. The van der Waals surface area contributed by atoms with Crippen LogP contribution in [0.25, 0.3) is 16.7 Å². The van der Waals surface area contributed by atoms with Crippen molar-refractivity contribution >= 4 is 22.6 Å². The summed E-state index contributed by atoms with van der Waals surface area (Å²) < 4.78 is 9.86. The number of hydrogen-bond donors (Lipinski definition) is 2. The number of H-pyrrole nitrogens is 1. The van der Waals surface area contributed by atoms with Crippen molar-refractivity contribution in [3.8, 4) is 0 Å². The van der Waals surface area contributed by atoms with Gasteiger partial charge in [-0.15, -0.1) is 0 Å². The van der Waals surface area contributed by atoms with Crippen LogP contribution in [-0.4, -0.2) is 29.8 Å². The van der Waals surface area contributed by atoms with Gasteiger partial charge >= 0.3 is 11.7 Å². The van der Waals surface area contributed by atoms with E-state index in [1.165, 1.54) is 7.11 Å². The number of nitrogens with one attached hydrogen (secondary N) is 1. The smallest absolute Gasteiger partial charge is 0.417 e. The number of fused-ring (bicyclic) bond motifs is 1. The quantitative estimate of drug-likeness (QED) is 0.795. The van der Waals surface area contributed by atoms with Gasteiger partial charge in [-0.3, -0.25) is 4.98 Å². The normalized spacial score (nSPS) is 11.9. The lowest BCUT2D eigenvalue weighted by Crippen LogP contribution is -1.98. The Kier molecular flexibility index (Phi) is 3.29. The Balaban J connectivity index is 2.50. The van der Waals surface area contributed by atoms with Crippen molar-refractivity contribution in [3.05, 3.63) is 40.4 Å². The molecule has 0 aliphatic rings. The van der Waals surface area contributed by atoms with Crippen LogP contribution >= 0.6 is 0 Å². The fourth-order valence-electron chi connectivity index (χ4n) is 1.66. The maximum Gasteiger partial charge on any atom is 0.417 e. The molecule has 6 nitrogen and oxygen atoms in total. The van der Waals surface area contributed by atoms with E-state index in [-0.39, 0.29) is 6.61 Å². The van der Waals surface area contributed by atoms with Crippen molar-refractivity contribution < 1.29 is 19.1 Å². The molecule has 6 heteroatoms. The van der Waals surface area contributed by atoms with E-state index in [0.29, 0.717) is 22.2 Å². The largest absolute Gasteiger partial charge is 0.478 e. The monoisotopic (exact) mass is 249 g/mol. The Labute approximate surface area is 101 Å². The molecule has 0 radical (unpaired) electrons. The Hall–Kier alpha value is -2.34. The van der Waals surface area contributed by atoms with Gasteiger partial charge in [-0.1, -0.05) is 6.07 Å². The number of carbonyl (C=O) groups is 1. The average Bonchev–Trinajstić information content (AvgIpc) is 2.66. The summed E-state index contributed by atoms with van der Waals surface area (Å²) in [5, 5.41) is 8.78. The van der Waals surface area contributed by atoms with Gasteiger partial charge in [-0.2, -0.15) is 0 Å². The summed E-state index contributed by atoms with van der Waals surface area (Å²) in [6.07, 6.45) is 1.06. The van der Waals surface area contributed by atoms with Crippen molar-refractivity contribution in [1.82, 2.24) is 4.98 Å². The van der Waals surface area contributed by atoms with Gasteiger partial charge in [-0.25, -0.2) is 9.59 Å². The highest BCUT2D eigenvalue weighted by Crippen LogP contribution is 2.19. The molecule has 94 valence electrons. The molecule has 2 N–H and O–H groups in total. The minimum Gasteiger partial charge on any atom is -0.478 e. The summed E-state index contributed by atoms with van der Waals surface area (Å²) in [5.74, 6) is -1.60. The number of carboxylic acid groups (broad SMARTS) is 1. The molecule has 0 spiro atoms. The summed E-state index contributed by atoms with van der Waals surface area (Å²) in [6.45, 7) is 0.159. The van der Waals surface area contributed by atoms with Crippen molar-refractivity contribution in [2.24, 2.45) is 0 Å². The molecule has 0 atom stereocenters. The molecule has 0 aliphatic carbocycles. The Bertz CT molecular complexity index is 664. The minimum absolute atomic E-state index is 0.159. The predicted octanol–water partition coefficient (Wildman–Crippen LogP) is 1.24. The van der Waals surface area contributed by atoms with Crippen LogP contribution in [0, 0.1) is 0 Å². The molecule has 0 fully saturated rings. The Morgan fingerprint density at radius 3 is 3.00 bits per heavy atom. The van der Waals surface area contributed by atoms with E-state index < -0.39 is 11.7 Å². The molecule has 18 heavy (non-hydrogen) atoms. The van der Waals surface area contributed by atoms with Gasteiger partial charge < -0.3 is 14.3 Å². The second-order valence-corrected chi connectivity index (χ2v) is 3.67. The highest BCUT2D eigenvalue weighted by Gasteiger charge is 2.07. The van der Waals surface area contributed by atoms with E-state index >= 15 is 0 Å². The summed E-state index contributed by atoms with van der Waals surface area (Å²) >= 11 is 0. The van der Waals surface area contributed by atoms with Gasteiger partial charge in [0, 0.05) is 13.2 Å². The molecule has 0 unspecified atom stereocenters. The number of hydrogen-bond acceptors (Lipinski definition) is 4. The van der Waals surface area contributed by atoms with Crippen LogP contribution in [0.5, 0.6) is 0 Å². The van der Waals surface area contributed by atoms with E-state index in [0.717, 1.165) is 6.08 Å². The SMILES string of the molecule is COC/C(=C\C(=O)O)c1ccc2[nH]c(=O)oc2c1. The lowest BCUT2D eigenvalue weighted by atomic mass is 10.1. The first kappa shape index (κ1) is 12.1. The third-order valence-electron chi connectivity index (χ3n) is 2.39. The fraction of sp³-hybridized carbons (Fsp3) is 0.167. The van der Waals surface area contributed by atoms with Gasteiger partial charge in [0.25, 0.3) is 0 Å². The number of rotatable bonds is 4. The van der Waals surface area contributed by atoms with E-state index in [2.05, 4.69) is 4.98 Å². The van der Waals surface area contributed by atoms with Crippen LogP contribution < -0.4 is 5.76 Å². The van der Waals surface area contributed by atoms with Crippen molar-refractivity contribution in [2.45, 2.75) is 0 Å². The zero-order chi connectivity index (χ0) is 13.1. The summed E-state index contributed by atoms with van der Waals surface area (Å²) in [6, 6.07) is 4.95. The molecule has 0 bridgehead atoms. The molecular formula is C12H11NO5. The van der Waals surface area contributed by atoms with Crippen LogP contribution in [-0.2, 0) is 9.53 Å². The standard InChI is InChI=1S/C12H11NO5/c1-17-6-8(5-11(14)15)7-2-3-9-10(4-7)18-12(16)13-9/h2-5H,6H2,1H3,(H,13,16)(H,14,15)/b8-5+. The van der Waals surface area contributed by atoms with Crippen LogP contribution in [0.1, 0.15) is 5.56 Å². The molecule has 1 heterocycles. The third kappa shape index (κ3) is 2.49. The first-order valence-corrected chi connectivity index (χ1v) is 5.16. The van der Waals surface area contributed by atoms with Crippen molar-refractivity contribution in [2.75, 3.05) is 13.7 Å². The zero-order valence-electron chi connectivity index (χ0n) is 9.60. The molecule has 2 aromatic rings.